The molecule has 4 nitrogen and oxygen atoms in total. The van der Waals surface area contributed by atoms with E-state index < -0.39 is 11.6 Å². The molecule has 0 aromatic heterocycles. The summed E-state index contributed by atoms with van der Waals surface area (Å²) in [5.41, 5.74) is -0.0257. The van der Waals surface area contributed by atoms with Gasteiger partial charge < -0.3 is 0 Å². The van der Waals surface area contributed by atoms with Crippen molar-refractivity contribution in [3.05, 3.63) is 34.1 Å². The molecule has 2 amide bonds. The summed E-state index contributed by atoms with van der Waals surface area (Å²) in [6.45, 7) is 0.0198. The Hall–Kier alpha value is -1.56. The molecule has 100 valence electrons. The van der Waals surface area contributed by atoms with Crippen molar-refractivity contribution in [2.45, 2.75) is 19.3 Å². The minimum absolute atomic E-state index is 0.0198. The number of ketones is 1. The first kappa shape index (κ1) is 13.9. The fourth-order valence-electron chi connectivity index (χ4n) is 1.94. The summed E-state index contributed by atoms with van der Waals surface area (Å²) in [7, 11) is 0. The van der Waals surface area contributed by atoms with E-state index in [4.69, 9.17) is 0 Å². The molecule has 0 radical (unpaired) electrons. The Morgan fingerprint density at radius 1 is 1.26 bits per heavy atom. The van der Waals surface area contributed by atoms with Crippen molar-refractivity contribution in [2.75, 3.05) is 6.54 Å². The maximum atomic E-state index is 13.6. The lowest BCUT2D eigenvalue weighted by atomic mass is 10.1. The molecule has 0 saturated carbocycles. The van der Waals surface area contributed by atoms with Gasteiger partial charge >= 0.3 is 0 Å². The van der Waals surface area contributed by atoms with Crippen LogP contribution in [-0.4, -0.2) is 29.0 Å². The lowest BCUT2D eigenvalue weighted by Crippen LogP contribution is -2.31. The molecule has 1 aromatic carbocycles. The van der Waals surface area contributed by atoms with Gasteiger partial charge in [-0.3, -0.25) is 19.3 Å². The Bertz CT molecular complexity index is 543. The van der Waals surface area contributed by atoms with Crippen LogP contribution in [0.5, 0.6) is 0 Å². The van der Waals surface area contributed by atoms with Crippen molar-refractivity contribution in [1.82, 2.24) is 4.90 Å². The Balaban J connectivity index is 2.01. The SMILES string of the molecule is O=C(CCN1C(=O)CCC1=O)c1ccc(Br)cc1F. The number of likely N-dealkylation sites (tertiary alicyclic amines) is 1. The zero-order chi connectivity index (χ0) is 14.0. The standard InChI is InChI=1S/C13H11BrFNO3/c14-8-1-2-9(10(15)7-8)11(17)5-6-16-12(18)3-4-13(16)19/h1-2,7H,3-6H2. The van der Waals surface area contributed by atoms with E-state index in [0.29, 0.717) is 4.47 Å². The number of imide groups is 1. The van der Waals surface area contributed by atoms with Crippen LogP contribution in [0.3, 0.4) is 0 Å². The largest absolute Gasteiger partial charge is 0.294 e. The first-order valence-electron chi connectivity index (χ1n) is 5.80. The lowest BCUT2D eigenvalue weighted by molar-refractivity contribution is -0.138. The molecule has 1 heterocycles. The minimum atomic E-state index is -0.613. The molecule has 0 N–H and O–H groups in total. The van der Waals surface area contributed by atoms with Gasteiger partial charge in [-0.25, -0.2) is 4.39 Å². The second kappa shape index (κ2) is 5.61. The molecule has 1 aliphatic rings. The van der Waals surface area contributed by atoms with Gasteiger partial charge in [-0.15, -0.1) is 0 Å². The van der Waals surface area contributed by atoms with Crippen LogP contribution in [0, 0.1) is 5.82 Å². The molecule has 19 heavy (non-hydrogen) atoms. The highest BCUT2D eigenvalue weighted by Crippen LogP contribution is 2.18. The molecule has 1 saturated heterocycles. The van der Waals surface area contributed by atoms with Gasteiger partial charge in [0.2, 0.25) is 11.8 Å². The van der Waals surface area contributed by atoms with E-state index in [0.717, 1.165) is 4.90 Å². The van der Waals surface area contributed by atoms with Crippen LogP contribution in [-0.2, 0) is 9.59 Å². The summed E-state index contributed by atoms with van der Waals surface area (Å²) in [6.07, 6.45) is 0.329. The van der Waals surface area contributed by atoms with E-state index in [2.05, 4.69) is 15.9 Å². The zero-order valence-corrected chi connectivity index (χ0v) is 11.6. The normalized spacial score (nSPS) is 15.2. The Morgan fingerprint density at radius 2 is 1.89 bits per heavy atom. The number of hydrogen-bond donors (Lipinski definition) is 0. The summed E-state index contributed by atoms with van der Waals surface area (Å²) in [5, 5.41) is 0. The minimum Gasteiger partial charge on any atom is -0.294 e. The summed E-state index contributed by atoms with van der Waals surface area (Å²) in [6, 6.07) is 4.16. The van der Waals surface area contributed by atoms with Gasteiger partial charge in [-0.2, -0.15) is 0 Å². The van der Waals surface area contributed by atoms with Crippen molar-refractivity contribution >= 4 is 33.5 Å². The molecular weight excluding hydrogens is 317 g/mol. The third-order valence-corrected chi connectivity index (χ3v) is 3.44. The van der Waals surface area contributed by atoms with Gasteiger partial charge in [-0.05, 0) is 18.2 Å². The Morgan fingerprint density at radius 3 is 2.47 bits per heavy atom. The number of carbonyl (C=O) groups excluding carboxylic acids is 3. The maximum absolute atomic E-state index is 13.6. The van der Waals surface area contributed by atoms with Crippen LogP contribution >= 0.6 is 15.9 Å². The third kappa shape index (κ3) is 3.07. The number of benzene rings is 1. The van der Waals surface area contributed by atoms with E-state index >= 15 is 0 Å². The first-order valence-corrected chi connectivity index (χ1v) is 6.60. The molecule has 0 atom stereocenters. The van der Waals surface area contributed by atoms with E-state index in [-0.39, 0.29) is 43.2 Å². The Labute approximate surface area is 117 Å². The van der Waals surface area contributed by atoms with Gasteiger partial charge in [0, 0.05) is 30.3 Å². The van der Waals surface area contributed by atoms with Crippen LogP contribution in [0.4, 0.5) is 4.39 Å². The third-order valence-electron chi connectivity index (χ3n) is 2.95. The van der Waals surface area contributed by atoms with Crippen molar-refractivity contribution in [3.8, 4) is 0 Å². The highest BCUT2D eigenvalue weighted by molar-refractivity contribution is 9.10. The van der Waals surface area contributed by atoms with E-state index in [1.54, 1.807) is 6.07 Å². The van der Waals surface area contributed by atoms with E-state index in [1.807, 2.05) is 0 Å². The van der Waals surface area contributed by atoms with Crippen molar-refractivity contribution in [2.24, 2.45) is 0 Å². The number of carbonyl (C=O) groups is 3. The van der Waals surface area contributed by atoms with Gasteiger partial charge in [0.25, 0.3) is 0 Å². The van der Waals surface area contributed by atoms with Crippen molar-refractivity contribution in [1.29, 1.82) is 0 Å². The van der Waals surface area contributed by atoms with Crippen molar-refractivity contribution < 1.29 is 18.8 Å². The topological polar surface area (TPSA) is 54.5 Å². The second-order valence-corrected chi connectivity index (χ2v) is 5.15. The molecule has 0 aliphatic carbocycles. The van der Waals surface area contributed by atoms with Gasteiger partial charge in [0.15, 0.2) is 5.78 Å². The quantitative estimate of drug-likeness (QED) is 0.630. The van der Waals surface area contributed by atoms with Gasteiger partial charge in [-0.1, -0.05) is 15.9 Å². The number of nitrogens with zero attached hydrogens (tertiary/aromatic N) is 1. The van der Waals surface area contributed by atoms with Crippen molar-refractivity contribution in [3.63, 3.8) is 0 Å². The summed E-state index contributed by atoms with van der Waals surface area (Å²) in [4.78, 5) is 35.6. The van der Waals surface area contributed by atoms with Crippen LogP contribution in [0.1, 0.15) is 29.6 Å². The van der Waals surface area contributed by atoms with Gasteiger partial charge in [0.1, 0.15) is 5.82 Å². The Kier molecular flexibility index (Phi) is 4.09. The van der Waals surface area contributed by atoms with E-state index in [9.17, 15) is 18.8 Å². The smallest absolute Gasteiger partial charge is 0.229 e. The molecule has 0 bridgehead atoms. The number of halogens is 2. The molecule has 0 unspecified atom stereocenters. The molecule has 1 aromatic rings. The second-order valence-electron chi connectivity index (χ2n) is 4.24. The average molecular weight is 328 g/mol. The van der Waals surface area contributed by atoms with Gasteiger partial charge in [0.05, 0.1) is 5.56 Å². The highest BCUT2D eigenvalue weighted by Gasteiger charge is 2.29. The summed E-state index contributed by atoms with van der Waals surface area (Å²) < 4.78 is 14.1. The predicted octanol–water partition coefficient (Wildman–Crippen LogP) is 2.31. The van der Waals surface area contributed by atoms with Crippen LogP contribution in [0.25, 0.3) is 0 Å². The number of rotatable bonds is 4. The number of amides is 2. The molecule has 1 fully saturated rings. The summed E-state index contributed by atoms with van der Waals surface area (Å²) in [5.74, 6) is -1.57. The predicted molar refractivity (Wildman–Crippen MR) is 69.0 cm³/mol. The molecule has 2 rings (SSSR count). The molecule has 6 heteroatoms. The number of Topliss-reactive ketones (excluding diaryl/α,β-unsaturated/α-hetero) is 1. The van der Waals surface area contributed by atoms with Crippen LogP contribution in [0.15, 0.2) is 22.7 Å². The zero-order valence-electron chi connectivity index (χ0n) is 9.99. The monoisotopic (exact) mass is 327 g/mol. The lowest BCUT2D eigenvalue weighted by Gasteiger charge is -2.12. The van der Waals surface area contributed by atoms with Crippen LogP contribution in [0.2, 0.25) is 0 Å². The summed E-state index contributed by atoms with van der Waals surface area (Å²) >= 11 is 3.11. The highest BCUT2D eigenvalue weighted by atomic mass is 79.9. The molecule has 0 spiro atoms. The fraction of sp³-hybridized carbons (Fsp3) is 0.308. The molecule has 1 aliphatic heterocycles. The maximum Gasteiger partial charge on any atom is 0.229 e. The first-order chi connectivity index (χ1) is 8.99. The number of hydrogen-bond acceptors (Lipinski definition) is 3. The van der Waals surface area contributed by atoms with E-state index in [1.165, 1.54) is 12.1 Å². The fourth-order valence-corrected chi connectivity index (χ4v) is 2.27. The average Bonchev–Trinajstić information content (AvgIpc) is 2.66. The van der Waals surface area contributed by atoms with Crippen LogP contribution < -0.4 is 0 Å². The molecular formula is C13H11BrFNO3.